The van der Waals surface area contributed by atoms with E-state index in [1.165, 1.54) is 37.0 Å². The summed E-state index contributed by atoms with van der Waals surface area (Å²) in [5.74, 6) is 5.15. The Morgan fingerprint density at radius 2 is 1.74 bits per heavy atom. The summed E-state index contributed by atoms with van der Waals surface area (Å²) in [6.45, 7) is 2.19. The average molecular weight is 310 g/mol. The van der Waals surface area contributed by atoms with Gasteiger partial charge in [-0.05, 0) is 48.1 Å². The molecule has 0 saturated heterocycles. The molecule has 118 valence electrons. The molecule has 0 saturated carbocycles. The summed E-state index contributed by atoms with van der Waals surface area (Å²) in [7, 11) is -1.67. The van der Waals surface area contributed by atoms with Crippen LogP contribution in [0.1, 0.15) is 42.9 Å². The lowest BCUT2D eigenvalue weighted by Crippen LogP contribution is -2.30. The third-order valence-corrected chi connectivity index (χ3v) is 3.66. The van der Waals surface area contributed by atoms with Crippen molar-refractivity contribution in [1.82, 2.24) is 0 Å². The summed E-state index contributed by atoms with van der Waals surface area (Å²) >= 11 is 0. The van der Waals surface area contributed by atoms with Crippen molar-refractivity contribution in [3.63, 3.8) is 0 Å². The Bertz CT molecular complexity index is 700. The van der Waals surface area contributed by atoms with Crippen molar-refractivity contribution >= 4 is 12.6 Å². The molecule has 2 rings (SSSR count). The van der Waals surface area contributed by atoms with Crippen LogP contribution >= 0.6 is 0 Å². The Morgan fingerprint density at radius 3 is 2.35 bits per heavy atom. The van der Waals surface area contributed by atoms with Crippen LogP contribution in [0.25, 0.3) is 0 Å². The molecule has 0 unspecified atom stereocenters. The lowest BCUT2D eigenvalue weighted by molar-refractivity contribution is 0.425. The van der Waals surface area contributed by atoms with E-state index in [0.717, 1.165) is 18.1 Å². The van der Waals surface area contributed by atoms with Crippen LogP contribution in [-0.4, -0.2) is 17.2 Å². The Kier molecular flexibility index (Phi) is 6.40. The highest BCUT2D eigenvalue weighted by atomic mass is 19.1. The van der Waals surface area contributed by atoms with Crippen LogP contribution in [0.4, 0.5) is 4.39 Å². The zero-order valence-electron chi connectivity index (χ0n) is 13.2. The Hall–Kier alpha value is -2.09. The molecule has 2 nitrogen and oxygen atoms in total. The lowest BCUT2D eigenvalue weighted by atomic mass is 9.80. The highest BCUT2D eigenvalue weighted by Gasteiger charge is 2.12. The molecule has 0 radical (unpaired) electrons. The van der Waals surface area contributed by atoms with Gasteiger partial charge in [0, 0.05) is 5.56 Å². The van der Waals surface area contributed by atoms with Crippen LogP contribution in [0.5, 0.6) is 0 Å². The average Bonchev–Trinajstić information content (AvgIpc) is 2.55. The zero-order valence-corrected chi connectivity index (χ0v) is 13.2. The number of aryl methyl sites for hydroxylation is 1. The van der Waals surface area contributed by atoms with E-state index in [1.807, 2.05) is 12.1 Å². The first-order valence-corrected chi connectivity index (χ1v) is 7.86. The highest BCUT2D eigenvalue weighted by Crippen LogP contribution is 2.09. The van der Waals surface area contributed by atoms with Gasteiger partial charge in [0.1, 0.15) is 5.82 Å². The van der Waals surface area contributed by atoms with Crippen molar-refractivity contribution in [2.75, 3.05) is 0 Å². The van der Waals surface area contributed by atoms with Crippen molar-refractivity contribution in [3.8, 4) is 11.8 Å². The molecular formula is C19H20BFO2. The number of halogens is 1. The molecule has 23 heavy (non-hydrogen) atoms. The van der Waals surface area contributed by atoms with Crippen molar-refractivity contribution in [2.24, 2.45) is 0 Å². The van der Waals surface area contributed by atoms with Crippen LogP contribution < -0.4 is 5.46 Å². The second-order valence-electron chi connectivity index (χ2n) is 5.52. The lowest BCUT2D eigenvalue weighted by Gasteiger charge is -2.01. The van der Waals surface area contributed by atoms with Gasteiger partial charge in [0.15, 0.2) is 0 Å². The van der Waals surface area contributed by atoms with Gasteiger partial charge in [-0.2, -0.15) is 0 Å². The standard InChI is InChI=1S/C19H20BFO2/c1-2-3-4-5-15-6-8-16(9-7-15)10-11-17-12-13-18(20(22)23)14-19(17)21/h6-9,12-14,22-23H,2-5H2,1H3. The van der Waals surface area contributed by atoms with Crippen molar-refractivity contribution in [1.29, 1.82) is 0 Å². The smallest absolute Gasteiger partial charge is 0.423 e. The summed E-state index contributed by atoms with van der Waals surface area (Å²) in [5.41, 5.74) is 2.47. The van der Waals surface area contributed by atoms with Gasteiger partial charge in [0.05, 0.1) is 5.56 Å². The van der Waals surface area contributed by atoms with E-state index in [4.69, 9.17) is 10.0 Å². The fourth-order valence-corrected chi connectivity index (χ4v) is 2.27. The second kappa shape index (κ2) is 8.52. The first-order chi connectivity index (χ1) is 11.1. The SMILES string of the molecule is CCCCCc1ccc(C#Cc2ccc(B(O)O)cc2F)cc1. The van der Waals surface area contributed by atoms with Crippen LogP contribution in [-0.2, 0) is 6.42 Å². The molecule has 0 amide bonds. The van der Waals surface area contributed by atoms with E-state index >= 15 is 0 Å². The predicted octanol–water partition coefficient (Wildman–Crippen LogP) is 2.64. The van der Waals surface area contributed by atoms with Crippen LogP contribution in [0.15, 0.2) is 42.5 Å². The molecule has 0 spiro atoms. The minimum Gasteiger partial charge on any atom is -0.423 e. The summed E-state index contributed by atoms with van der Waals surface area (Å²) in [6, 6.07) is 12.0. The summed E-state index contributed by atoms with van der Waals surface area (Å²) in [5, 5.41) is 18.0. The molecule has 2 aromatic rings. The molecule has 0 aliphatic rings. The molecule has 0 atom stereocenters. The molecular weight excluding hydrogens is 290 g/mol. The topological polar surface area (TPSA) is 40.5 Å². The normalized spacial score (nSPS) is 10.1. The molecule has 2 aromatic carbocycles. The third-order valence-electron chi connectivity index (χ3n) is 3.66. The zero-order chi connectivity index (χ0) is 16.7. The maximum Gasteiger partial charge on any atom is 0.488 e. The van der Waals surface area contributed by atoms with E-state index in [1.54, 1.807) is 0 Å². The number of unbranched alkanes of at least 4 members (excludes halogenated alkanes) is 2. The summed E-state index contributed by atoms with van der Waals surface area (Å²) in [6.07, 6.45) is 4.71. The maximum absolute atomic E-state index is 13.8. The van der Waals surface area contributed by atoms with E-state index in [-0.39, 0.29) is 11.0 Å². The second-order valence-corrected chi connectivity index (χ2v) is 5.52. The van der Waals surface area contributed by atoms with Crippen LogP contribution in [0.3, 0.4) is 0 Å². The van der Waals surface area contributed by atoms with Gasteiger partial charge < -0.3 is 10.0 Å². The van der Waals surface area contributed by atoms with Gasteiger partial charge in [-0.3, -0.25) is 0 Å². The fourth-order valence-electron chi connectivity index (χ4n) is 2.27. The molecule has 0 aliphatic heterocycles. The molecule has 0 aromatic heterocycles. The van der Waals surface area contributed by atoms with Gasteiger partial charge in [0.2, 0.25) is 0 Å². The Balaban J connectivity index is 2.07. The molecule has 0 aliphatic carbocycles. The van der Waals surface area contributed by atoms with Crippen LogP contribution in [0.2, 0.25) is 0 Å². The number of benzene rings is 2. The van der Waals surface area contributed by atoms with Gasteiger partial charge in [-0.1, -0.05) is 49.8 Å². The number of rotatable bonds is 5. The number of hydrogen-bond donors (Lipinski definition) is 2. The molecule has 2 N–H and O–H groups in total. The van der Waals surface area contributed by atoms with E-state index in [2.05, 4.69) is 30.9 Å². The van der Waals surface area contributed by atoms with E-state index in [0.29, 0.717) is 0 Å². The predicted molar refractivity (Wildman–Crippen MR) is 91.9 cm³/mol. The minimum atomic E-state index is -1.67. The highest BCUT2D eigenvalue weighted by molar-refractivity contribution is 6.58. The van der Waals surface area contributed by atoms with E-state index in [9.17, 15) is 4.39 Å². The third kappa shape index (κ3) is 5.24. The fraction of sp³-hybridized carbons (Fsp3) is 0.263. The van der Waals surface area contributed by atoms with Gasteiger partial charge in [0.25, 0.3) is 0 Å². The maximum atomic E-state index is 13.8. The first-order valence-electron chi connectivity index (χ1n) is 7.86. The van der Waals surface area contributed by atoms with Gasteiger partial charge in [-0.15, -0.1) is 0 Å². The summed E-state index contributed by atoms with van der Waals surface area (Å²) < 4.78 is 13.8. The van der Waals surface area contributed by atoms with Gasteiger partial charge >= 0.3 is 7.12 Å². The van der Waals surface area contributed by atoms with Crippen LogP contribution in [0, 0.1) is 17.7 Å². The van der Waals surface area contributed by atoms with Crippen molar-refractivity contribution in [3.05, 3.63) is 65.0 Å². The van der Waals surface area contributed by atoms with Gasteiger partial charge in [-0.25, -0.2) is 4.39 Å². The molecule has 0 heterocycles. The quantitative estimate of drug-likeness (QED) is 0.506. The molecule has 0 bridgehead atoms. The Labute approximate surface area is 137 Å². The first kappa shape index (κ1) is 17.3. The van der Waals surface area contributed by atoms with Crippen molar-refractivity contribution < 1.29 is 14.4 Å². The van der Waals surface area contributed by atoms with Crippen molar-refractivity contribution in [2.45, 2.75) is 32.6 Å². The molecule has 4 heteroatoms. The number of hydrogen-bond acceptors (Lipinski definition) is 2. The minimum absolute atomic E-state index is 0.115. The Morgan fingerprint density at radius 1 is 1.00 bits per heavy atom. The summed E-state index contributed by atoms with van der Waals surface area (Å²) in [4.78, 5) is 0. The molecule has 0 fully saturated rings. The van der Waals surface area contributed by atoms with E-state index < -0.39 is 12.9 Å². The largest absolute Gasteiger partial charge is 0.488 e. The monoisotopic (exact) mass is 310 g/mol.